The fraction of sp³-hybridized carbons (Fsp3) is 0.167. The summed E-state index contributed by atoms with van der Waals surface area (Å²) in [4.78, 5) is 21.8. The molecule has 0 aromatic carbocycles. The van der Waals surface area contributed by atoms with Crippen molar-refractivity contribution in [1.82, 2.24) is 4.98 Å². The first kappa shape index (κ1) is 10.6. The Balaban J connectivity index is 3.39. The van der Waals surface area contributed by atoms with Crippen molar-refractivity contribution < 1.29 is 13.7 Å². The summed E-state index contributed by atoms with van der Waals surface area (Å²) in [6, 6.07) is 0.586. The summed E-state index contributed by atoms with van der Waals surface area (Å²) in [6.07, 6.45) is -3.02. The Morgan fingerprint density at radius 3 is 2.57 bits per heavy atom. The first-order valence-electron chi connectivity index (χ1n) is 3.28. The molecule has 8 heteroatoms. The lowest BCUT2D eigenvalue weighted by molar-refractivity contribution is -0.389. The van der Waals surface area contributed by atoms with Crippen LogP contribution in [0.25, 0.3) is 0 Å². The molecule has 1 rings (SSSR count). The zero-order chi connectivity index (χ0) is 10.9. The molecule has 0 aliphatic heterocycles. The fourth-order valence-electron chi connectivity index (χ4n) is 0.805. The molecule has 0 atom stereocenters. The van der Waals surface area contributed by atoms with Gasteiger partial charge in [0.05, 0.1) is 0 Å². The standard InChI is InChI=1S/C6H3ClF2N2O3/c7-3-1-2(4(8)9)6(12)10-5(3)11(13)14/h1,4H,(H,10,12). The summed E-state index contributed by atoms with van der Waals surface area (Å²) in [5.41, 5.74) is -2.10. The van der Waals surface area contributed by atoms with Crippen molar-refractivity contribution in [2.75, 3.05) is 0 Å². The van der Waals surface area contributed by atoms with Crippen LogP contribution in [0.2, 0.25) is 5.02 Å². The highest BCUT2D eigenvalue weighted by molar-refractivity contribution is 6.32. The number of rotatable bonds is 2. The van der Waals surface area contributed by atoms with Crippen molar-refractivity contribution in [3.8, 4) is 0 Å². The van der Waals surface area contributed by atoms with E-state index in [1.54, 1.807) is 4.98 Å². The number of hydrogen-bond donors (Lipinski definition) is 1. The number of alkyl halides is 2. The number of aromatic amines is 1. The maximum atomic E-state index is 12.1. The van der Waals surface area contributed by atoms with Crippen molar-refractivity contribution in [1.29, 1.82) is 0 Å². The lowest BCUT2D eigenvalue weighted by Gasteiger charge is -1.99. The minimum atomic E-state index is -3.02. The monoisotopic (exact) mass is 224 g/mol. The molecular formula is C6H3ClF2N2O3. The van der Waals surface area contributed by atoms with Gasteiger partial charge in [-0.3, -0.25) is 0 Å². The summed E-state index contributed by atoms with van der Waals surface area (Å²) < 4.78 is 24.2. The lowest BCUT2D eigenvalue weighted by atomic mass is 10.3. The van der Waals surface area contributed by atoms with E-state index >= 15 is 0 Å². The molecule has 0 aliphatic carbocycles. The third-order valence-electron chi connectivity index (χ3n) is 1.42. The van der Waals surface area contributed by atoms with Crippen LogP contribution in [0.4, 0.5) is 14.6 Å². The topological polar surface area (TPSA) is 76.0 Å². The average Bonchev–Trinajstić information content (AvgIpc) is 2.07. The van der Waals surface area contributed by atoms with Crippen LogP contribution in [0.15, 0.2) is 10.9 Å². The van der Waals surface area contributed by atoms with E-state index in [1.807, 2.05) is 0 Å². The number of aromatic nitrogens is 1. The van der Waals surface area contributed by atoms with Crippen molar-refractivity contribution >= 4 is 17.4 Å². The van der Waals surface area contributed by atoms with Crippen molar-refractivity contribution in [2.24, 2.45) is 0 Å². The first-order chi connectivity index (χ1) is 6.43. The summed E-state index contributed by atoms with van der Waals surface area (Å²) in [7, 11) is 0. The maximum Gasteiger partial charge on any atom is 0.342 e. The molecular weight excluding hydrogens is 222 g/mol. The molecule has 0 saturated carbocycles. The molecule has 0 radical (unpaired) electrons. The predicted molar refractivity (Wildman–Crippen MR) is 43.7 cm³/mol. The van der Waals surface area contributed by atoms with Gasteiger partial charge in [0.25, 0.3) is 6.43 Å². The number of pyridine rings is 1. The van der Waals surface area contributed by atoms with Gasteiger partial charge >= 0.3 is 11.4 Å². The Morgan fingerprint density at radius 1 is 1.57 bits per heavy atom. The Bertz CT molecular complexity index is 432. The van der Waals surface area contributed by atoms with E-state index in [9.17, 15) is 23.7 Å². The largest absolute Gasteiger partial charge is 0.358 e. The van der Waals surface area contributed by atoms with Crippen LogP contribution >= 0.6 is 11.6 Å². The molecule has 1 heterocycles. The van der Waals surface area contributed by atoms with Crippen LogP contribution in [0, 0.1) is 10.1 Å². The molecule has 0 aliphatic rings. The van der Waals surface area contributed by atoms with Gasteiger partial charge in [-0.05, 0) is 11.0 Å². The second-order valence-electron chi connectivity index (χ2n) is 2.31. The van der Waals surface area contributed by atoms with Gasteiger partial charge in [0.2, 0.25) is 0 Å². The van der Waals surface area contributed by atoms with E-state index in [4.69, 9.17) is 11.6 Å². The molecule has 0 saturated heterocycles. The molecule has 0 unspecified atom stereocenters. The van der Waals surface area contributed by atoms with E-state index in [-0.39, 0.29) is 0 Å². The Kier molecular flexibility index (Phi) is 2.80. The summed E-state index contributed by atoms with van der Waals surface area (Å²) in [6.45, 7) is 0. The fourth-order valence-corrected chi connectivity index (χ4v) is 1.04. The number of halogens is 3. The highest BCUT2D eigenvalue weighted by Crippen LogP contribution is 2.24. The molecule has 1 aromatic heterocycles. The van der Waals surface area contributed by atoms with E-state index in [2.05, 4.69) is 0 Å². The Labute approximate surface area is 80.5 Å². The lowest BCUT2D eigenvalue weighted by Crippen LogP contribution is -2.14. The molecule has 0 spiro atoms. The average molecular weight is 225 g/mol. The molecule has 0 fully saturated rings. The molecule has 5 nitrogen and oxygen atoms in total. The van der Waals surface area contributed by atoms with Crippen LogP contribution in [0.5, 0.6) is 0 Å². The molecule has 1 aromatic rings. The van der Waals surface area contributed by atoms with Crippen LogP contribution in [-0.2, 0) is 0 Å². The number of nitrogens with zero attached hydrogens (tertiary/aromatic N) is 1. The Morgan fingerprint density at radius 2 is 2.14 bits per heavy atom. The first-order valence-corrected chi connectivity index (χ1v) is 3.66. The summed E-state index contributed by atoms with van der Waals surface area (Å²) >= 11 is 5.30. The minimum absolute atomic E-state index is 0.523. The maximum absolute atomic E-state index is 12.1. The zero-order valence-electron chi connectivity index (χ0n) is 6.46. The second kappa shape index (κ2) is 3.70. The number of nitro groups is 1. The Hall–Kier alpha value is -1.50. The quantitative estimate of drug-likeness (QED) is 0.615. The van der Waals surface area contributed by atoms with Crippen LogP contribution in [-0.4, -0.2) is 9.91 Å². The van der Waals surface area contributed by atoms with Crippen molar-refractivity contribution in [3.05, 3.63) is 37.1 Å². The van der Waals surface area contributed by atoms with E-state index in [0.29, 0.717) is 6.07 Å². The summed E-state index contributed by atoms with van der Waals surface area (Å²) in [5, 5.41) is 9.70. The van der Waals surface area contributed by atoms with Gasteiger partial charge in [-0.2, -0.15) is 0 Å². The molecule has 76 valence electrons. The van der Waals surface area contributed by atoms with Crippen LogP contribution in [0.3, 0.4) is 0 Å². The third kappa shape index (κ3) is 1.87. The number of nitrogens with one attached hydrogen (secondary N) is 1. The minimum Gasteiger partial charge on any atom is -0.358 e. The van der Waals surface area contributed by atoms with Crippen LogP contribution < -0.4 is 5.56 Å². The zero-order valence-corrected chi connectivity index (χ0v) is 7.22. The summed E-state index contributed by atoms with van der Waals surface area (Å²) in [5.74, 6) is -0.791. The SMILES string of the molecule is O=c1[nH]c([N+](=O)[O-])c(Cl)cc1C(F)F. The normalized spacial score (nSPS) is 10.6. The van der Waals surface area contributed by atoms with Gasteiger partial charge in [0, 0.05) is 0 Å². The van der Waals surface area contributed by atoms with Gasteiger partial charge in [0.1, 0.15) is 10.6 Å². The van der Waals surface area contributed by atoms with Gasteiger partial charge in [-0.15, -0.1) is 0 Å². The molecule has 1 N–H and O–H groups in total. The molecule has 14 heavy (non-hydrogen) atoms. The van der Waals surface area contributed by atoms with Crippen molar-refractivity contribution in [2.45, 2.75) is 6.43 Å². The third-order valence-corrected chi connectivity index (χ3v) is 1.71. The highest BCUT2D eigenvalue weighted by Gasteiger charge is 2.20. The number of hydrogen-bond acceptors (Lipinski definition) is 3. The second-order valence-corrected chi connectivity index (χ2v) is 2.72. The smallest absolute Gasteiger partial charge is 0.342 e. The highest BCUT2D eigenvalue weighted by atomic mass is 35.5. The van der Waals surface area contributed by atoms with Gasteiger partial charge < -0.3 is 10.1 Å². The van der Waals surface area contributed by atoms with Gasteiger partial charge in [-0.25, -0.2) is 18.6 Å². The van der Waals surface area contributed by atoms with E-state index in [1.165, 1.54) is 0 Å². The predicted octanol–water partition coefficient (Wildman–Crippen LogP) is 1.87. The number of H-pyrrole nitrogens is 1. The van der Waals surface area contributed by atoms with E-state index in [0.717, 1.165) is 0 Å². The molecule has 0 bridgehead atoms. The van der Waals surface area contributed by atoms with Gasteiger partial charge in [0.15, 0.2) is 0 Å². The van der Waals surface area contributed by atoms with Crippen molar-refractivity contribution in [3.63, 3.8) is 0 Å². The van der Waals surface area contributed by atoms with Gasteiger partial charge in [-0.1, -0.05) is 11.6 Å². The van der Waals surface area contributed by atoms with E-state index < -0.39 is 33.3 Å². The van der Waals surface area contributed by atoms with Crippen LogP contribution in [0.1, 0.15) is 12.0 Å². The molecule has 0 amide bonds.